The van der Waals surface area contributed by atoms with Crippen LogP contribution in [0.3, 0.4) is 0 Å². The molecule has 1 fully saturated rings. The van der Waals surface area contributed by atoms with E-state index in [1.54, 1.807) is 0 Å². The van der Waals surface area contributed by atoms with Crippen molar-refractivity contribution in [3.8, 4) is 0 Å². The van der Waals surface area contributed by atoms with Crippen LogP contribution in [0.25, 0.3) is 0 Å². The summed E-state index contributed by atoms with van der Waals surface area (Å²) < 4.78 is 0. The van der Waals surface area contributed by atoms with Crippen molar-refractivity contribution < 1.29 is 0 Å². The molecule has 0 bridgehead atoms. The Morgan fingerprint density at radius 2 is 1.72 bits per heavy atom. The predicted octanol–water partition coefficient (Wildman–Crippen LogP) is 4.27. The fraction of sp³-hybridized carbons (Fsp3) is 0.647. The Hall–Kier alpha value is -0.820. The Morgan fingerprint density at radius 3 is 2.33 bits per heavy atom. The molecular formula is C17H27N. The molecule has 0 saturated heterocycles. The number of hydrogen-bond donors (Lipinski definition) is 1. The summed E-state index contributed by atoms with van der Waals surface area (Å²) >= 11 is 0. The standard InChI is InChI=1S/C17H27N/c1-14(2)16-10-8-15(9-11-16)12-13-18-17-6-4-3-5-7-17/h8-11,14,17-18H,3-7,12-13H2,1-2H3. The number of hydrogen-bond acceptors (Lipinski definition) is 1. The van der Waals surface area contributed by atoms with Crippen molar-refractivity contribution in [1.29, 1.82) is 0 Å². The molecule has 1 saturated carbocycles. The Kier molecular flexibility index (Phi) is 5.25. The van der Waals surface area contributed by atoms with Crippen LogP contribution in [0.2, 0.25) is 0 Å². The molecule has 1 aromatic carbocycles. The first kappa shape index (κ1) is 13.6. The molecule has 1 aromatic rings. The van der Waals surface area contributed by atoms with E-state index in [1.807, 2.05) is 0 Å². The fourth-order valence-corrected chi connectivity index (χ4v) is 2.80. The van der Waals surface area contributed by atoms with Crippen LogP contribution in [0.4, 0.5) is 0 Å². The first-order valence-corrected chi connectivity index (χ1v) is 7.58. The molecule has 0 atom stereocenters. The molecule has 0 aliphatic heterocycles. The van der Waals surface area contributed by atoms with Gasteiger partial charge in [-0.2, -0.15) is 0 Å². The van der Waals surface area contributed by atoms with Crippen molar-refractivity contribution in [2.75, 3.05) is 6.54 Å². The second-order valence-electron chi connectivity index (χ2n) is 5.94. The highest BCUT2D eigenvalue weighted by atomic mass is 14.9. The summed E-state index contributed by atoms with van der Waals surface area (Å²) in [5.74, 6) is 0.638. The summed E-state index contributed by atoms with van der Waals surface area (Å²) in [6.45, 7) is 5.63. The Labute approximate surface area is 112 Å². The zero-order chi connectivity index (χ0) is 12.8. The van der Waals surface area contributed by atoms with E-state index in [0.717, 1.165) is 19.0 Å². The van der Waals surface area contributed by atoms with Gasteiger partial charge in [0.15, 0.2) is 0 Å². The lowest BCUT2D eigenvalue weighted by Crippen LogP contribution is -2.32. The first-order chi connectivity index (χ1) is 8.75. The topological polar surface area (TPSA) is 12.0 Å². The Morgan fingerprint density at radius 1 is 1.06 bits per heavy atom. The predicted molar refractivity (Wildman–Crippen MR) is 79.1 cm³/mol. The van der Waals surface area contributed by atoms with E-state index in [2.05, 4.69) is 43.4 Å². The minimum absolute atomic E-state index is 0.638. The SMILES string of the molecule is CC(C)c1ccc(CCNC2CCCCC2)cc1. The van der Waals surface area contributed by atoms with Crippen molar-refractivity contribution >= 4 is 0 Å². The van der Waals surface area contributed by atoms with Gasteiger partial charge in [0.1, 0.15) is 0 Å². The maximum atomic E-state index is 3.71. The smallest absolute Gasteiger partial charge is 0.00671 e. The van der Waals surface area contributed by atoms with Crippen LogP contribution in [0.5, 0.6) is 0 Å². The molecule has 1 aliphatic rings. The van der Waals surface area contributed by atoms with Gasteiger partial charge in [-0.25, -0.2) is 0 Å². The molecule has 18 heavy (non-hydrogen) atoms. The molecule has 0 heterocycles. The fourth-order valence-electron chi connectivity index (χ4n) is 2.80. The molecule has 0 aromatic heterocycles. The molecule has 1 aliphatic carbocycles. The molecule has 0 radical (unpaired) electrons. The van der Waals surface area contributed by atoms with Crippen LogP contribution in [0, 0.1) is 0 Å². The van der Waals surface area contributed by atoms with Gasteiger partial charge in [0.25, 0.3) is 0 Å². The summed E-state index contributed by atoms with van der Waals surface area (Å²) in [5, 5.41) is 3.71. The molecule has 2 rings (SSSR count). The van der Waals surface area contributed by atoms with Crippen molar-refractivity contribution in [1.82, 2.24) is 5.32 Å². The number of nitrogens with one attached hydrogen (secondary N) is 1. The van der Waals surface area contributed by atoms with Crippen LogP contribution in [0.15, 0.2) is 24.3 Å². The highest BCUT2D eigenvalue weighted by Gasteiger charge is 2.11. The van der Waals surface area contributed by atoms with Crippen LogP contribution >= 0.6 is 0 Å². The van der Waals surface area contributed by atoms with Crippen LogP contribution < -0.4 is 5.32 Å². The lowest BCUT2D eigenvalue weighted by atomic mass is 9.95. The zero-order valence-corrected chi connectivity index (χ0v) is 11.9. The number of rotatable bonds is 5. The molecule has 0 unspecified atom stereocenters. The molecule has 1 nitrogen and oxygen atoms in total. The quantitative estimate of drug-likeness (QED) is 0.816. The van der Waals surface area contributed by atoms with E-state index < -0.39 is 0 Å². The molecule has 100 valence electrons. The summed E-state index contributed by atoms with van der Waals surface area (Å²) in [5.41, 5.74) is 2.90. The maximum Gasteiger partial charge on any atom is 0.00671 e. The van der Waals surface area contributed by atoms with E-state index in [0.29, 0.717) is 5.92 Å². The third-order valence-electron chi connectivity index (χ3n) is 4.10. The van der Waals surface area contributed by atoms with E-state index in [9.17, 15) is 0 Å². The van der Waals surface area contributed by atoms with Crippen molar-refractivity contribution in [3.05, 3.63) is 35.4 Å². The van der Waals surface area contributed by atoms with Gasteiger partial charge in [-0.05, 0) is 42.9 Å². The Bertz CT molecular complexity index is 333. The monoisotopic (exact) mass is 245 g/mol. The zero-order valence-electron chi connectivity index (χ0n) is 11.9. The van der Waals surface area contributed by atoms with Crippen LogP contribution in [-0.4, -0.2) is 12.6 Å². The molecule has 1 heteroatoms. The van der Waals surface area contributed by atoms with Gasteiger partial charge in [-0.3, -0.25) is 0 Å². The third-order valence-corrected chi connectivity index (χ3v) is 4.10. The largest absolute Gasteiger partial charge is 0.314 e. The summed E-state index contributed by atoms with van der Waals surface area (Å²) in [6, 6.07) is 9.92. The van der Waals surface area contributed by atoms with Gasteiger partial charge in [0, 0.05) is 6.04 Å². The normalized spacial score (nSPS) is 17.3. The Balaban J connectivity index is 1.72. The summed E-state index contributed by atoms with van der Waals surface area (Å²) in [7, 11) is 0. The van der Waals surface area contributed by atoms with Gasteiger partial charge in [-0.15, -0.1) is 0 Å². The third kappa shape index (κ3) is 4.13. The van der Waals surface area contributed by atoms with Gasteiger partial charge in [-0.1, -0.05) is 57.4 Å². The molecule has 0 amide bonds. The minimum Gasteiger partial charge on any atom is -0.314 e. The minimum atomic E-state index is 0.638. The summed E-state index contributed by atoms with van der Waals surface area (Å²) in [6.07, 6.45) is 8.20. The van der Waals surface area contributed by atoms with Crippen molar-refractivity contribution in [3.63, 3.8) is 0 Å². The molecule has 0 spiro atoms. The maximum absolute atomic E-state index is 3.71. The average molecular weight is 245 g/mol. The molecular weight excluding hydrogens is 218 g/mol. The van der Waals surface area contributed by atoms with E-state index in [-0.39, 0.29) is 0 Å². The van der Waals surface area contributed by atoms with E-state index in [4.69, 9.17) is 0 Å². The van der Waals surface area contributed by atoms with Crippen molar-refractivity contribution in [2.45, 2.75) is 64.3 Å². The highest BCUT2D eigenvalue weighted by molar-refractivity contribution is 5.24. The molecule has 1 N–H and O–H groups in total. The van der Waals surface area contributed by atoms with E-state index >= 15 is 0 Å². The highest BCUT2D eigenvalue weighted by Crippen LogP contribution is 2.18. The van der Waals surface area contributed by atoms with E-state index in [1.165, 1.54) is 43.2 Å². The average Bonchev–Trinajstić information content (AvgIpc) is 2.40. The lowest BCUT2D eigenvalue weighted by Gasteiger charge is -2.22. The second kappa shape index (κ2) is 6.94. The second-order valence-corrected chi connectivity index (χ2v) is 5.94. The van der Waals surface area contributed by atoms with Gasteiger partial charge in [0.2, 0.25) is 0 Å². The van der Waals surface area contributed by atoms with Crippen LogP contribution in [0.1, 0.15) is 63.0 Å². The van der Waals surface area contributed by atoms with Gasteiger partial charge >= 0.3 is 0 Å². The first-order valence-electron chi connectivity index (χ1n) is 7.58. The lowest BCUT2D eigenvalue weighted by molar-refractivity contribution is 0.375. The number of benzene rings is 1. The van der Waals surface area contributed by atoms with Crippen molar-refractivity contribution in [2.24, 2.45) is 0 Å². The van der Waals surface area contributed by atoms with Gasteiger partial charge in [0.05, 0.1) is 0 Å². The summed E-state index contributed by atoms with van der Waals surface area (Å²) in [4.78, 5) is 0. The van der Waals surface area contributed by atoms with Crippen LogP contribution in [-0.2, 0) is 6.42 Å². The van der Waals surface area contributed by atoms with Gasteiger partial charge < -0.3 is 5.32 Å².